The second-order valence-electron chi connectivity index (χ2n) is 12.4. The second-order valence-corrected chi connectivity index (χ2v) is 13.5. The standard InChI is InChI=1S/C44H24O2S/c1-3-12-31-29(10-1)41(25-17-19-28-27-9-5-7-15-35(27)45-37(28)23-25)30-11-2-4-13-32(30)42(31)26-18-20-33-38(24-26)46-36-21-22-40-44(43(33)36)34-14-6-8-16-39(34)47-40/h1-24H. The van der Waals surface area contributed by atoms with Gasteiger partial charge in [0.15, 0.2) is 0 Å². The first-order valence-corrected chi connectivity index (χ1v) is 16.7. The van der Waals surface area contributed by atoms with Crippen LogP contribution in [-0.4, -0.2) is 0 Å². The van der Waals surface area contributed by atoms with Crippen LogP contribution in [0.4, 0.5) is 0 Å². The highest BCUT2D eigenvalue weighted by molar-refractivity contribution is 7.26. The Morgan fingerprint density at radius 2 is 0.830 bits per heavy atom. The van der Waals surface area contributed by atoms with Crippen molar-refractivity contribution in [1.82, 2.24) is 0 Å². The summed E-state index contributed by atoms with van der Waals surface area (Å²) in [5.41, 5.74) is 8.40. The average molecular weight is 617 g/mol. The smallest absolute Gasteiger partial charge is 0.136 e. The fourth-order valence-corrected chi connectivity index (χ4v) is 8.98. The Morgan fingerprint density at radius 1 is 0.319 bits per heavy atom. The lowest BCUT2D eigenvalue weighted by atomic mass is 9.85. The van der Waals surface area contributed by atoms with E-state index in [4.69, 9.17) is 8.83 Å². The molecule has 0 bridgehead atoms. The van der Waals surface area contributed by atoms with E-state index in [1.807, 2.05) is 23.5 Å². The zero-order valence-corrected chi connectivity index (χ0v) is 25.9. The van der Waals surface area contributed by atoms with Crippen LogP contribution in [0.15, 0.2) is 154 Å². The largest absolute Gasteiger partial charge is 0.456 e. The lowest BCUT2D eigenvalue weighted by Gasteiger charge is -2.17. The second kappa shape index (κ2) is 9.32. The number of fused-ring (bicyclic) bond motifs is 12. The van der Waals surface area contributed by atoms with Gasteiger partial charge >= 0.3 is 0 Å². The molecule has 0 aliphatic heterocycles. The number of hydrogen-bond donors (Lipinski definition) is 0. The van der Waals surface area contributed by atoms with Crippen LogP contribution in [0.3, 0.4) is 0 Å². The monoisotopic (exact) mass is 616 g/mol. The van der Waals surface area contributed by atoms with E-state index in [1.165, 1.54) is 58.2 Å². The Kier molecular flexibility index (Phi) is 5.02. The third-order valence-corrected chi connectivity index (χ3v) is 11.0. The number of furan rings is 2. The van der Waals surface area contributed by atoms with Crippen molar-refractivity contribution in [1.29, 1.82) is 0 Å². The minimum absolute atomic E-state index is 0.906. The molecular formula is C44H24O2S. The van der Waals surface area contributed by atoms with Crippen LogP contribution in [0.5, 0.6) is 0 Å². The van der Waals surface area contributed by atoms with Crippen LogP contribution in [0.25, 0.3) is 108 Å². The Bertz CT molecular complexity index is 3020. The van der Waals surface area contributed by atoms with Crippen molar-refractivity contribution >= 4 is 96.9 Å². The zero-order valence-electron chi connectivity index (χ0n) is 25.1. The highest BCUT2D eigenvalue weighted by Gasteiger charge is 2.20. The van der Waals surface area contributed by atoms with Gasteiger partial charge in [-0.15, -0.1) is 11.3 Å². The molecule has 0 saturated carbocycles. The van der Waals surface area contributed by atoms with Crippen LogP contribution in [0, 0.1) is 0 Å². The predicted octanol–water partition coefficient (Wildman–Crippen LogP) is 13.5. The summed E-state index contributed by atoms with van der Waals surface area (Å²) in [6, 6.07) is 52.3. The molecule has 8 aromatic carbocycles. The Hall–Kier alpha value is -5.90. The first-order chi connectivity index (χ1) is 23.3. The molecule has 0 radical (unpaired) electrons. The molecule has 0 atom stereocenters. The summed E-state index contributed by atoms with van der Waals surface area (Å²) in [4.78, 5) is 0. The molecule has 3 heterocycles. The van der Waals surface area contributed by atoms with Crippen LogP contribution >= 0.6 is 11.3 Å². The topological polar surface area (TPSA) is 26.3 Å². The minimum atomic E-state index is 0.906. The van der Waals surface area contributed by atoms with E-state index in [2.05, 4.69) is 133 Å². The SMILES string of the molecule is c1ccc2c(c1)oc1cc(-c3c4ccccc4c(-c4ccc5c(c4)oc4ccc6sc7ccccc7c6c45)c4ccccc34)ccc12. The van der Waals surface area contributed by atoms with Crippen molar-refractivity contribution in [3.63, 3.8) is 0 Å². The molecule has 11 rings (SSSR count). The van der Waals surface area contributed by atoms with E-state index in [1.54, 1.807) is 0 Å². The van der Waals surface area contributed by atoms with Gasteiger partial charge in [-0.1, -0.05) is 97.1 Å². The Morgan fingerprint density at radius 3 is 1.51 bits per heavy atom. The van der Waals surface area contributed by atoms with Gasteiger partial charge in [0.25, 0.3) is 0 Å². The van der Waals surface area contributed by atoms with Crippen LogP contribution < -0.4 is 0 Å². The predicted molar refractivity (Wildman–Crippen MR) is 200 cm³/mol. The molecule has 0 unspecified atom stereocenters. The maximum atomic E-state index is 6.62. The van der Waals surface area contributed by atoms with E-state index < -0.39 is 0 Å². The number of benzene rings is 8. The minimum Gasteiger partial charge on any atom is -0.456 e. The lowest BCUT2D eigenvalue weighted by molar-refractivity contribution is 0.669. The van der Waals surface area contributed by atoms with Gasteiger partial charge in [-0.05, 0) is 92.3 Å². The van der Waals surface area contributed by atoms with Crippen molar-refractivity contribution in [2.24, 2.45) is 0 Å². The maximum Gasteiger partial charge on any atom is 0.136 e. The van der Waals surface area contributed by atoms with E-state index >= 15 is 0 Å². The summed E-state index contributed by atoms with van der Waals surface area (Å²) >= 11 is 1.84. The van der Waals surface area contributed by atoms with Crippen LogP contribution in [-0.2, 0) is 0 Å². The van der Waals surface area contributed by atoms with Crippen LogP contribution in [0.1, 0.15) is 0 Å². The van der Waals surface area contributed by atoms with E-state index in [9.17, 15) is 0 Å². The average Bonchev–Trinajstić information content (AvgIpc) is 3.80. The van der Waals surface area contributed by atoms with Gasteiger partial charge in [0.05, 0.1) is 0 Å². The highest BCUT2D eigenvalue weighted by Crippen LogP contribution is 2.47. The molecule has 0 N–H and O–H groups in total. The number of rotatable bonds is 2. The van der Waals surface area contributed by atoms with Gasteiger partial charge in [-0.25, -0.2) is 0 Å². The summed E-state index contributed by atoms with van der Waals surface area (Å²) in [5, 5.41) is 12.1. The molecule has 0 spiro atoms. The number of thiophene rings is 1. The van der Waals surface area contributed by atoms with E-state index in [0.717, 1.165) is 49.6 Å². The Labute approximate surface area is 272 Å². The fourth-order valence-electron chi connectivity index (χ4n) is 7.87. The summed E-state index contributed by atoms with van der Waals surface area (Å²) in [6.07, 6.45) is 0. The third kappa shape index (κ3) is 3.49. The lowest BCUT2D eigenvalue weighted by Crippen LogP contribution is -1.90. The summed E-state index contributed by atoms with van der Waals surface area (Å²) < 4.78 is 15.5. The highest BCUT2D eigenvalue weighted by atomic mass is 32.1. The molecular weight excluding hydrogens is 593 g/mol. The first-order valence-electron chi connectivity index (χ1n) is 15.9. The molecule has 0 aliphatic carbocycles. The first kappa shape index (κ1) is 25.3. The van der Waals surface area contributed by atoms with Gasteiger partial charge in [-0.3, -0.25) is 0 Å². The quantitative estimate of drug-likeness (QED) is 0.181. The zero-order chi connectivity index (χ0) is 30.6. The van der Waals surface area contributed by atoms with Crippen molar-refractivity contribution in [3.8, 4) is 22.3 Å². The van der Waals surface area contributed by atoms with Crippen LogP contribution in [0.2, 0.25) is 0 Å². The van der Waals surface area contributed by atoms with Crippen molar-refractivity contribution in [2.45, 2.75) is 0 Å². The number of hydrogen-bond acceptors (Lipinski definition) is 3. The Balaban J connectivity index is 1.18. The molecule has 0 amide bonds. The van der Waals surface area contributed by atoms with Gasteiger partial charge < -0.3 is 8.83 Å². The van der Waals surface area contributed by atoms with Gasteiger partial charge in [0, 0.05) is 41.7 Å². The molecule has 218 valence electrons. The van der Waals surface area contributed by atoms with Gasteiger partial charge in [0.1, 0.15) is 22.3 Å². The molecule has 3 heteroatoms. The molecule has 2 nitrogen and oxygen atoms in total. The van der Waals surface area contributed by atoms with Gasteiger partial charge in [0.2, 0.25) is 0 Å². The molecule has 0 aliphatic rings. The number of para-hydroxylation sites is 1. The van der Waals surface area contributed by atoms with Gasteiger partial charge in [-0.2, -0.15) is 0 Å². The molecule has 0 fully saturated rings. The molecule has 3 aromatic heterocycles. The fraction of sp³-hybridized carbons (Fsp3) is 0. The normalized spacial score (nSPS) is 12.3. The molecule has 11 aromatic rings. The summed E-state index contributed by atoms with van der Waals surface area (Å²) in [6.45, 7) is 0. The van der Waals surface area contributed by atoms with Crippen molar-refractivity contribution < 1.29 is 8.83 Å². The van der Waals surface area contributed by atoms with E-state index in [-0.39, 0.29) is 0 Å². The summed E-state index contributed by atoms with van der Waals surface area (Å²) in [5.74, 6) is 0. The van der Waals surface area contributed by atoms with Crippen molar-refractivity contribution in [2.75, 3.05) is 0 Å². The third-order valence-electron chi connectivity index (χ3n) is 9.86. The maximum absolute atomic E-state index is 6.62. The molecule has 0 saturated heterocycles. The van der Waals surface area contributed by atoms with Crippen molar-refractivity contribution in [3.05, 3.63) is 146 Å². The van der Waals surface area contributed by atoms with E-state index in [0.29, 0.717) is 0 Å². The summed E-state index contributed by atoms with van der Waals surface area (Å²) in [7, 11) is 0. The molecule has 47 heavy (non-hydrogen) atoms.